The van der Waals surface area contributed by atoms with Crippen LogP contribution in [-0.2, 0) is 11.3 Å². The van der Waals surface area contributed by atoms with Crippen LogP contribution in [0, 0.1) is 0 Å². The second-order valence-corrected chi connectivity index (χ2v) is 5.94. The van der Waals surface area contributed by atoms with Crippen molar-refractivity contribution in [1.29, 1.82) is 0 Å². The van der Waals surface area contributed by atoms with Crippen molar-refractivity contribution >= 4 is 5.91 Å². The van der Waals surface area contributed by atoms with Crippen molar-refractivity contribution in [3.63, 3.8) is 0 Å². The second kappa shape index (κ2) is 6.32. The summed E-state index contributed by atoms with van der Waals surface area (Å²) in [6.45, 7) is 4.74. The standard InChI is InChI=1S/C17H22N4O/c1-13(20-7-2-3-8-20)14-5-4-6-15(9-14)16-10-19-21(11-16)12-17(18)22/h4-6,9-11,13H,2-3,7-8,12H2,1H3,(H2,18,22)/t13-/m1/s1. The summed E-state index contributed by atoms with van der Waals surface area (Å²) < 4.78 is 1.58. The molecule has 1 aromatic carbocycles. The van der Waals surface area contributed by atoms with Gasteiger partial charge < -0.3 is 5.73 Å². The summed E-state index contributed by atoms with van der Waals surface area (Å²) in [6, 6.07) is 8.99. The molecule has 0 spiro atoms. The topological polar surface area (TPSA) is 64.2 Å². The molecular weight excluding hydrogens is 276 g/mol. The van der Waals surface area contributed by atoms with Crippen LogP contribution in [0.5, 0.6) is 0 Å². The van der Waals surface area contributed by atoms with Gasteiger partial charge in [0.05, 0.1) is 6.20 Å². The van der Waals surface area contributed by atoms with Gasteiger partial charge in [0.2, 0.25) is 5.91 Å². The van der Waals surface area contributed by atoms with E-state index in [-0.39, 0.29) is 12.5 Å². The van der Waals surface area contributed by atoms with Crippen LogP contribution in [0.25, 0.3) is 11.1 Å². The van der Waals surface area contributed by atoms with Gasteiger partial charge in [0.1, 0.15) is 6.54 Å². The van der Waals surface area contributed by atoms with Gasteiger partial charge in [-0.1, -0.05) is 18.2 Å². The number of hydrogen-bond acceptors (Lipinski definition) is 3. The molecule has 5 nitrogen and oxygen atoms in total. The average Bonchev–Trinajstić information content (AvgIpc) is 3.17. The lowest BCUT2D eigenvalue weighted by atomic mass is 10.0. The third kappa shape index (κ3) is 3.20. The molecule has 0 radical (unpaired) electrons. The van der Waals surface area contributed by atoms with Crippen molar-refractivity contribution in [2.45, 2.75) is 32.4 Å². The Morgan fingerprint density at radius 2 is 2.09 bits per heavy atom. The van der Waals surface area contributed by atoms with Crippen LogP contribution < -0.4 is 5.73 Å². The Balaban J connectivity index is 1.81. The van der Waals surface area contributed by atoms with Crippen molar-refractivity contribution in [3.8, 4) is 11.1 Å². The summed E-state index contributed by atoms with van der Waals surface area (Å²) in [6.07, 6.45) is 6.24. The number of carbonyl (C=O) groups is 1. The summed E-state index contributed by atoms with van der Waals surface area (Å²) in [4.78, 5) is 13.5. The fourth-order valence-electron chi connectivity index (χ4n) is 3.08. The Labute approximate surface area is 130 Å². The molecular formula is C17H22N4O. The van der Waals surface area contributed by atoms with Crippen molar-refractivity contribution in [2.24, 2.45) is 5.73 Å². The molecule has 5 heteroatoms. The molecule has 3 rings (SSSR count). The van der Waals surface area contributed by atoms with Crippen molar-refractivity contribution in [3.05, 3.63) is 42.2 Å². The quantitative estimate of drug-likeness (QED) is 0.920. The van der Waals surface area contributed by atoms with Crippen molar-refractivity contribution in [2.75, 3.05) is 13.1 Å². The molecule has 0 bridgehead atoms. The zero-order valence-electron chi connectivity index (χ0n) is 12.9. The van der Waals surface area contributed by atoms with E-state index in [0.717, 1.165) is 11.1 Å². The molecule has 1 saturated heterocycles. The highest BCUT2D eigenvalue weighted by atomic mass is 16.1. The Morgan fingerprint density at radius 3 is 2.82 bits per heavy atom. The first-order valence-corrected chi connectivity index (χ1v) is 7.78. The Bertz CT molecular complexity index is 658. The molecule has 22 heavy (non-hydrogen) atoms. The van der Waals surface area contributed by atoms with Gasteiger partial charge >= 0.3 is 0 Å². The molecule has 1 aromatic heterocycles. The molecule has 2 aromatic rings. The van der Waals surface area contributed by atoms with Crippen LogP contribution in [0.1, 0.15) is 31.4 Å². The number of amides is 1. The first-order chi connectivity index (χ1) is 10.6. The molecule has 1 aliphatic heterocycles. The molecule has 1 amide bonds. The first kappa shape index (κ1) is 14.8. The highest BCUT2D eigenvalue weighted by molar-refractivity contribution is 5.73. The Morgan fingerprint density at radius 1 is 1.32 bits per heavy atom. The number of rotatable bonds is 5. The second-order valence-electron chi connectivity index (χ2n) is 5.94. The van der Waals surface area contributed by atoms with Gasteiger partial charge in [-0.3, -0.25) is 14.4 Å². The maximum Gasteiger partial charge on any atom is 0.239 e. The van der Waals surface area contributed by atoms with E-state index < -0.39 is 0 Å². The third-order valence-electron chi connectivity index (χ3n) is 4.34. The van der Waals surface area contributed by atoms with Gasteiger partial charge in [-0.15, -0.1) is 0 Å². The van der Waals surface area contributed by atoms with Crippen molar-refractivity contribution < 1.29 is 4.79 Å². The van der Waals surface area contributed by atoms with Crippen LogP contribution in [0.15, 0.2) is 36.7 Å². The lowest BCUT2D eigenvalue weighted by Crippen LogP contribution is -2.23. The fourth-order valence-corrected chi connectivity index (χ4v) is 3.08. The Hall–Kier alpha value is -2.14. The lowest BCUT2D eigenvalue weighted by Gasteiger charge is -2.24. The highest BCUT2D eigenvalue weighted by Crippen LogP contribution is 2.28. The number of carbonyl (C=O) groups excluding carboxylic acids is 1. The number of hydrogen-bond donors (Lipinski definition) is 1. The molecule has 2 N–H and O–H groups in total. The average molecular weight is 298 g/mol. The smallest absolute Gasteiger partial charge is 0.239 e. The van der Waals surface area contributed by atoms with Crippen LogP contribution in [0.2, 0.25) is 0 Å². The summed E-state index contributed by atoms with van der Waals surface area (Å²) in [7, 11) is 0. The van der Waals surface area contributed by atoms with Crippen LogP contribution >= 0.6 is 0 Å². The first-order valence-electron chi connectivity index (χ1n) is 7.78. The van der Waals surface area contributed by atoms with Crippen molar-refractivity contribution in [1.82, 2.24) is 14.7 Å². The van der Waals surface area contributed by atoms with E-state index in [2.05, 4.69) is 41.2 Å². The number of likely N-dealkylation sites (tertiary alicyclic amines) is 1. The minimum Gasteiger partial charge on any atom is -0.368 e. The van der Waals surface area contributed by atoms with E-state index in [1.807, 2.05) is 6.20 Å². The number of benzene rings is 1. The van der Waals surface area contributed by atoms with E-state index in [9.17, 15) is 4.79 Å². The summed E-state index contributed by atoms with van der Waals surface area (Å²) in [5, 5.41) is 4.19. The predicted octanol–water partition coefficient (Wildman–Crippen LogP) is 2.19. The minimum atomic E-state index is -0.383. The van der Waals surface area contributed by atoms with Gasteiger partial charge in [0.15, 0.2) is 0 Å². The minimum absolute atomic E-state index is 0.115. The highest BCUT2D eigenvalue weighted by Gasteiger charge is 2.19. The van der Waals surface area contributed by atoms with Gasteiger partial charge in [0.25, 0.3) is 0 Å². The van der Waals surface area contributed by atoms with E-state index in [1.54, 1.807) is 10.9 Å². The molecule has 0 saturated carbocycles. The predicted molar refractivity (Wildman–Crippen MR) is 86.1 cm³/mol. The molecule has 116 valence electrons. The maximum atomic E-state index is 11.0. The van der Waals surface area contributed by atoms with Gasteiger partial charge in [-0.05, 0) is 50.0 Å². The van der Waals surface area contributed by atoms with E-state index in [1.165, 1.54) is 31.5 Å². The van der Waals surface area contributed by atoms with Gasteiger partial charge in [0, 0.05) is 17.8 Å². The SMILES string of the molecule is C[C@H](c1cccc(-c2cnn(CC(N)=O)c2)c1)N1CCCC1. The zero-order chi connectivity index (χ0) is 15.5. The van der Waals surface area contributed by atoms with Gasteiger partial charge in [-0.25, -0.2) is 0 Å². The normalized spacial score (nSPS) is 16.8. The van der Waals surface area contributed by atoms with Crippen LogP contribution in [-0.4, -0.2) is 33.7 Å². The number of nitrogens with zero attached hydrogens (tertiary/aromatic N) is 3. The largest absolute Gasteiger partial charge is 0.368 e. The van der Waals surface area contributed by atoms with E-state index >= 15 is 0 Å². The van der Waals surface area contributed by atoms with Gasteiger partial charge in [-0.2, -0.15) is 5.10 Å². The van der Waals surface area contributed by atoms with Crippen LogP contribution in [0.4, 0.5) is 0 Å². The van der Waals surface area contributed by atoms with E-state index in [0.29, 0.717) is 6.04 Å². The summed E-state index contributed by atoms with van der Waals surface area (Å²) in [5.74, 6) is -0.383. The maximum absolute atomic E-state index is 11.0. The monoisotopic (exact) mass is 298 g/mol. The molecule has 0 aliphatic carbocycles. The molecule has 1 atom stereocenters. The summed E-state index contributed by atoms with van der Waals surface area (Å²) >= 11 is 0. The lowest BCUT2D eigenvalue weighted by molar-refractivity contribution is -0.118. The van der Waals surface area contributed by atoms with E-state index in [4.69, 9.17) is 5.73 Å². The van der Waals surface area contributed by atoms with Crippen LogP contribution in [0.3, 0.4) is 0 Å². The molecule has 1 fully saturated rings. The Kier molecular flexibility index (Phi) is 4.24. The number of nitrogens with two attached hydrogens (primary N) is 1. The number of primary amides is 1. The molecule has 1 aliphatic rings. The molecule has 2 heterocycles. The number of aromatic nitrogens is 2. The zero-order valence-corrected chi connectivity index (χ0v) is 12.9. The third-order valence-corrected chi connectivity index (χ3v) is 4.34. The fraction of sp³-hybridized carbons (Fsp3) is 0.412. The molecule has 0 unspecified atom stereocenters. The summed E-state index contributed by atoms with van der Waals surface area (Å²) in [5.41, 5.74) is 8.66.